The van der Waals surface area contributed by atoms with Crippen LogP contribution in [0.25, 0.3) is 21.9 Å². The van der Waals surface area contributed by atoms with E-state index in [2.05, 4.69) is 14.5 Å². The van der Waals surface area contributed by atoms with Crippen molar-refractivity contribution in [3.05, 3.63) is 59.0 Å². The molecule has 0 radical (unpaired) electrons. The van der Waals surface area contributed by atoms with Crippen molar-refractivity contribution in [1.29, 1.82) is 0 Å². The third kappa shape index (κ3) is 3.05. The standard InChI is InChI=1S/C24H24FN5O2/c1-28-22-5-2-15(12-21(22)27-24(28)29-8-10-32-11-9-29)23(31)30-7-6-20-18(14-30)17-13-16(25)3-4-19(17)26-20/h2-5,12-13,26H,6-11,14H2,1H3. The molecule has 32 heavy (non-hydrogen) atoms. The highest BCUT2D eigenvalue weighted by atomic mass is 19.1. The minimum absolute atomic E-state index is 0.0260. The Hall–Kier alpha value is -3.39. The number of anilines is 1. The molecule has 164 valence electrons. The van der Waals surface area contributed by atoms with E-state index in [4.69, 9.17) is 9.72 Å². The first-order valence-corrected chi connectivity index (χ1v) is 11.0. The zero-order chi connectivity index (χ0) is 21.8. The van der Waals surface area contributed by atoms with Gasteiger partial charge in [-0.3, -0.25) is 4.79 Å². The minimum atomic E-state index is -0.264. The molecule has 0 bridgehead atoms. The van der Waals surface area contributed by atoms with Gasteiger partial charge in [0.2, 0.25) is 5.95 Å². The summed E-state index contributed by atoms with van der Waals surface area (Å²) in [7, 11) is 2.00. The molecule has 2 aromatic heterocycles. The fourth-order valence-electron chi connectivity index (χ4n) is 4.91. The van der Waals surface area contributed by atoms with E-state index in [0.29, 0.717) is 31.9 Å². The quantitative estimate of drug-likeness (QED) is 0.527. The third-order valence-corrected chi connectivity index (χ3v) is 6.62. The first-order valence-electron chi connectivity index (χ1n) is 11.0. The van der Waals surface area contributed by atoms with Crippen LogP contribution in [-0.4, -0.2) is 58.2 Å². The number of fused-ring (bicyclic) bond motifs is 4. The maximum absolute atomic E-state index is 13.8. The molecule has 4 aromatic rings. The van der Waals surface area contributed by atoms with Gasteiger partial charge in [-0.1, -0.05) is 0 Å². The lowest BCUT2D eigenvalue weighted by Crippen LogP contribution is -2.37. The normalized spacial score (nSPS) is 16.7. The molecule has 6 rings (SSSR count). The van der Waals surface area contributed by atoms with Crippen molar-refractivity contribution in [1.82, 2.24) is 19.4 Å². The summed E-state index contributed by atoms with van der Waals surface area (Å²) in [6.45, 7) is 4.11. The topological polar surface area (TPSA) is 66.4 Å². The molecule has 1 amide bonds. The summed E-state index contributed by atoms with van der Waals surface area (Å²) in [4.78, 5) is 25.6. The molecule has 1 fully saturated rings. The number of carbonyl (C=O) groups excluding carboxylic acids is 1. The number of aromatic nitrogens is 3. The number of hydrogen-bond acceptors (Lipinski definition) is 4. The van der Waals surface area contributed by atoms with Crippen molar-refractivity contribution >= 4 is 33.8 Å². The molecule has 0 saturated carbocycles. The molecule has 1 N–H and O–H groups in total. The zero-order valence-corrected chi connectivity index (χ0v) is 17.9. The lowest BCUT2D eigenvalue weighted by molar-refractivity contribution is 0.0735. The van der Waals surface area contributed by atoms with Crippen molar-refractivity contribution in [3.63, 3.8) is 0 Å². The van der Waals surface area contributed by atoms with E-state index < -0.39 is 0 Å². The third-order valence-electron chi connectivity index (χ3n) is 6.62. The highest BCUT2D eigenvalue weighted by Gasteiger charge is 2.26. The van der Waals surface area contributed by atoms with Crippen LogP contribution in [0.2, 0.25) is 0 Å². The summed E-state index contributed by atoms with van der Waals surface area (Å²) in [6, 6.07) is 10.5. The Kier molecular flexibility index (Phi) is 4.43. The van der Waals surface area contributed by atoms with E-state index >= 15 is 0 Å². The van der Waals surface area contributed by atoms with Crippen LogP contribution in [0.1, 0.15) is 21.6 Å². The predicted octanol–water partition coefficient (Wildman–Crippen LogP) is 3.23. The molecule has 7 nitrogen and oxygen atoms in total. The number of aryl methyl sites for hydroxylation is 1. The van der Waals surface area contributed by atoms with Gasteiger partial charge in [0.15, 0.2) is 0 Å². The summed E-state index contributed by atoms with van der Waals surface area (Å²) in [5.41, 5.74) is 5.44. The Morgan fingerprint density at radius 2 is 1.97 bits per heavy atom. The van der Waals surface area contributed by atoms with Gasteiger partial charge >= 0.3 is 0 Å². The van der Waals surface area contributed by atoms with Crippen molar-refractivity contribution in [2.24, 2.45) is 7.05 Å². The summed E-state index contributed by atoms with van der Waals surface area (Å²) in [5, 5.41) is 0.854. The lowest BCUT2D eigenvalue weighted by atomic mass is 10.0. The average molecular weight is 433 g/mol. The molecule has 0 atom stereocenters. The number of imidazole rings is 1. The fourth-order valence-corrected chi connectivity index (χ4v) is 4.91. The fraction of sp³-hybridized carbons (Fsp3) is 0.333. The van der Waals surface area contributed by atoms with Crippen LogP contribution in [-0.2, 0) is 24.8 Å². The number of benzene rings is 2. The maximum Gasteiger partial charge on any atom is 0.254 e. The van der Waals surface area contributed by atoms with Gasteiger partial charge in [-0.2, -0.15) is 0 Å². The van der Waals surface area contributed by atoms with Crippen LogP contribution >= 0.6 is 0 Å². The van der Waals surface area contributed by atoms with E-state index in [0.717, 1.165) is 58.7 Å². The van der Waals surface area contributed by atoms with Gasteiger partial charge in [0, 0.05) is 67.4 Å². The highest BCUT2D eigenvalue weighted by Crippen LogP contribution is 2.30. The first kappa shape index (κ1) is 19.3. The van der Waals surface area contributed by atoms with Crippen molar-refractivity contribution in [2.45, 2.75) is 13.0 Å². The molecule has 4 heterocycles. The predicted molar refractivity (Wildman–Crippen MR) is 120 cm³/mol. The van der Waals surface area contributed by atoms with Crippen LogP contribution in [0.15, 0.2) is 36.4 Å². The highest BCUT2D eigenvalue weighted by molar-refractivity contribution is 5.98. The Morgan fingerprint density at radius 3 is 2.81 bits per heavy atom. The SMILES string of the molecule is Cn1c(N2CCOCC2)nc2cc(C(=O)N3CCc4[nH]c5ccc(F)cc5c4C3)ccc21. The van der Waals surface area contributed by atoms with E-state index in [1.165, 1.54) is 6.07 Å². The van der Waals surface area contributed by atoms with Crippen LogP contribution in [0, 0.1) is 5.82 Å². The molecule has 0 spiro atoms. The van der Waals surface area contributed by atoms with Gasteiger partial charge in [-0.15, -0.1) is 0 Å². The van der Waals surface area contributed by atoms with Gasteiger partial charge in [-0.25, -0.2) is 9.37 Å². The van der Waals surface area contributed by atoms with E-state index in [-0.39, 0.29) is 11.7 Å². The number of rotatable bonds is 2. The molecule has 0 aliphatic carbocycles. The Balaban J connectivity index is 1.30. The van der Waals surface area contributed by atoms with Gasteiger partial charge in [0.05, 0.1) is 24.2 Å². The maximum atomic E-state index is 13.8. The van der Waals surface area contributed by atoms with Crippen molar-refractivity contribution < 1.29 is 13.9 Å². The second-order valence-electron chi connectivity index (χ2n) is 8.52. The van der Waals surface area contributed by atoms with Crippen molar-refractivity contribution in [3.8, 4) is 0 Å². The Labute approximate surface area is 184 Å². The smallest absolute Gasteiger partial charge is 0.254 e. The Bertz CT molecular complexity index is 1350. The van der Waals surface area contributed by atoms with Crippen LogP contribution < -0.4 is 4.90 Å². The molecular weight excluding hydrogens is 409 g/mol. The van der Waals surface area contributed by atoms with E-state index in [1.54, 1.807) is 12.1 Å². The van der Waals surface area contributed by atoms with Crippen molar-refractivity contribution in [2.75, 3.05) is 37.7 Å². The number of H-pyrrole nitrogens is 1. The number of nitrogens with zero attached hydrogens (tertiary/aromatic N) is 4. The number of amides is 1. The molecule has 2 aromatic carbocycles. The molecular formula is C24H24FN5O2. The zero-order valence-electron chi connectivity index (χ0n) is 17.9. The van der Waals surface area contributed by atoms with Crippen LogP contribution in [0.4, 0.5) is 10.3 Å². The minimum Gasteiger partial charge on any atom is -0.378 e. The number of nitrogens with one attached hydrogen (secondary N) is 1. The summed E-state index contributed by atoms with van der Waals surface area (Å²) in [6.07, 6.45) is 0.727. The average Bonchev–Trinajstić information content (AvgIpc) is 3.35. The molecule has 1 saturated heterocycles. The number of morpholine rings is 1. The lowest BCUT2D eigenvalue weighted by Gasteiger charge is -2.27. The summed E-state index contributed by atoms with van der Waals surface area (Å²) in [5.74, 6) is 0.609. The van der Waals surface area contributed by atoms with Crippen LogP contribution in [0.3, 0.4) is 0 Å². The number of ether oxygens (including phenoxy) is 1. The summed E-state index contributed by atoms with van der Waals surface area (Å²) >= 11 is 0. The molecule has 2 aliphatic heterocycles. The second kappa shape index (κ2) is 7.34. The Morgan fingerprint density at radius 1 is 1.12 bits per heavy atom. The van der Waals surface area contributed by atoms with E-state index in [9.17, 15) is 9.18 Å². The number of carbonyl (C=O) groups is 1. The van der Waals surface area contributed by atoms with Gasteiger partial charge in [-0.05, 0) is 36.4 Å². The van der Waals surface area contributed by atoms with Gasteiger partial charge in [0.25, 0.3) is 5.91 Å². The number of aromatic amines is 1. The largest absolute Gasteiger partial charge is 0.378 e. The first-order chi connectivity index (χ1) is 15.6. The van der Waals surface area contributed by atoms with Crippen LogP contribution in [0.5, 0.6) is 0 Å². The van der Waals surface area contributed by atoms with Gasteiger partial charge < -0.3 is 24.1 Å². The molecule has 0 unspecified atom stereocenters. The molecule has 8 heteroatoms. The second-order valence-corrected chi connectivity index (χ2v) is 8.52. The van der Waals surface area contributed by atoms with Gasteiger partial charge in [0.1, 0.15) is 5.82 Å². The number of halogens is 1. The summed E-state index contributed by atoms with van der Waals surface area (Å²) < 4.78 is 21.3. The molecule has 2 aliphatic rings. The monoisotopic (exact) mass is 433 g/mol. The number of hydrogen-bond donors (Lipinski definition) is 1. The van der Waals surface area contributed by atoms with E-state index in [1.807, 2.05) is 30.1 Å².